The number of ether oxygens (including phenoxy) is 1. The van der Waals surface area contributed by atoms with E-state index in [1.54, 1.807) is 19.2 Å². The van der Waals surface area contributed by atoms with Gasteiger partial charge in [-0.25, -0.2) is 4.39 Å². The smallest absolute Gasteiger partial charge is 0.123 e. The number of hydrogen-bond acceptors (Lipinski definition) is 2. The van der Waals surface area contributed by atoms with E-state index in [0.29, 0.717) is 11.5 Å². The van der Waals surface area contributed by atoms with E-state index < -0.39 is 0 Å². The molecule has 0 radical (unpaired) electrons. The molecule has 0 spiro atoms. The summed E-state index contributed by atoms with van der Waals surface area (Å²) < 4.78 is 18.3. The first kappa shape index (κ1) is 14.5. The number of nitrogens with one attached hydrogen (secondary N) is 1. The van der Waals surface area contributed by atoms with Crippen molar-refractivity contribution in [2.45, 2.75) is 38.6 Å². The average molecular weight is 265 g/mol. The van der Waals surface area contributed by atoms with E-state index in [1.807, 2.05) is 6.07 Å². The molecule has 1 aromatic carbocycles. The third-order valence-electron chi connectivity index (χ3n) is 4.05. The monoisotopic (exact) mass is 265 g/mol. The largest absolute Gasteiger partial charge is 0.385 e. The molecule has 19 heavy (non-hydrogen) atoms. The summed E-state index contributed by atoms with van der Waals surface area (Å²) in [5.74, 6) is -0.150. The molecule has 1 aliphatic carbocycles. The summed E-state index contributed by atoms with van der Waals surface area (Å²) in [5, 5.41) is 3.58. The minimum atomic E-state index is -0.150. The van der Waals surface area contributed by atoms with Crippen LogP contribution in [0.1, 0.15) is 31.7 Å². The standard InChI is InChI=1S/C16H24FNO/c1-13(10-14-4-3-5-15(17)11-14)18-12-16(6-7-16)8-9-19-2/h3-5,11,13,18H,6-10,12H2,1-2H3. The van der Waals surface area contributed by atoms with Crippen LogP contribution in [-0.2, 0) is 11.2 Å². The Bertz CT molecular complexity index is 403. The van der Waals surface area contributed by atoms with Crippen molar-refractivity contribution in [2.24, 2.45) is 5.41 Å². The zero-order valence-electron chi connectivity index (χ0n) is 11.9. The van der Waals surface area contributed by atoms with Crippen molar-refractivity contribution in [1.29, 1.82) is 0 Å². The van der Waals surface area contributed by atoms with Crippen LogP contribution in [-0.4, -0.2) is 26.3 Å². The van der Waals surface area contributed by atoms with Crippen molar-refractivity contribution in [3.63, 3.8) is 0 Å². The van der Waals surface area contributed by atoms with Gasteiger partial charge in [0.25, 0.3) is 0 Å². The molecule has 106 valence electrons. The topological polar surface area (TPSA) is 21.3 Å². The highest BCUT2D eigenvalue weighted by Crippen LogP contribution is 2.48. The van der Waals surface area contributed by atoms with Crippen LogP contribution >= 0.6 is 0 Å². The molecule has 0 aromatic heterocycles. The molecular formula is C16H24FNO. The number of benzene rings is 1. The van der Waals surface area contributed by atoms with Crippen LogP contribution in [0.4, 0.5) is 4.39 Å². The molecule has 1 fully saturated rings. The maximum absolute atomic E-state index is 13.1. The molecule has 1 aromatic rings. The Labute approximate surface area is 115 Å². The summed E-state index contributed by atoms with van der Waals surface area (Å²) in [4.78, 5) is 0. The van der Waals surface area contributed by atoms with Gasteiger partial charge in [-0.3, -0.25) is 0 Å². The van der Waals surface area contributed by atoms with Crippen molar-refractivity contribution in [2.75, 3.05) is 20.3 Å². The highest BCUT2D eigenvalue weighted by molar-refractivity contribution is 5.17. The van der Waals surface area contributed by atoms with E-state index in [-0.39, 0.29) is 5.82 Å². The molecule has 1 saturated carbocycles. The van der Waals surface area contributed by atoms with Gasteiger partial charge >= 0.3 is 0 Å². The van der Waals surface area contributed by atoms with Gasteiger partial charge in [0.05, 0.1) is 0 Å². The van der Waals surface area contributed by atoms with Gasteiger partial charge in [-0.15, -0.1) is 0 Å². The third kappa shape index (κ3) is 4.59. The average Bonchev–Trinajstić information content (AvgIpc) is 3.15. The summed E-state index contributed by atoms with van der Waals surface area (Å²) in [5.41, 5.74) is 1.52. The molecule has 1 N–H and O–H groups in total. The highest BCUT2D eigenvalue weighted by Gasteiger charge is 2.41. The van der Waals surface area contributed by atoms with Gasteiger partial charge < -0.3 is 10.1 Å². The lowest BCUT2D eigenvalue weighted by atomic mass is 10.0. The molecule has 2 rings (SSSR count). The second-order valence-corrected chi connectivity index (χ2v) is 5.86. The van der Waals surface area contributed by atoms with E-state index in [4.69, 9.17) is 4.74 Å². The lowest BCUT2D eigenvalue weighted by molar-refractivity contribution is 0.170. The molecule has 1 atom stereocenters. The van der Waals surface area contributed by atoms with E-state index >= 15 is 0 Å². The summed E-state index contributed by atoms with van der Waals surface area (Å²) >= 11 is 0. The third-order valence-corrected chi connectivity index (χ3v) is 4.05. The van der Waals surface area contributed by atoms with Crippen LogP contribution in [0.15, 0.2) is 24.3 Å². The number of methoxy groups -OCH3 is 1. The summed E-state index contributed by atoms with van der Waals surface area (Å²) in [6.45, 7) is 4.06. The Morgan fingerprint density at radius 1 is 1.42 bits per heavy atom. The Hall–Kier alpha value is -0.930. The Morgan fingerprint density at radius 3 is 2.84 bits per heavy atom. The van der Waals surface area contributed by atoms with Crippen LogP contribution in [0.2, 0.25) is 0 Å². The molecule has 1 unspecified atom stereocenters. The van der Waals surface area contributed by atoms with Gasteiger partial charge in [0, 0.05) is 26.3 Å². The molecule has 0 bridgehead atoms. The predicted molar refractivity (Wildman–Crippen MR) is 75.7 cm³/mol. The first-order valence-corrected chi connectivity index (χ1v) is 7.10. The maximum Gasteiger partial charge on any atom is 0.123 e. The fourth-order valence-corrected chi connectivity index (χ4v) is 2.49. The van der Waals surface area contributed by atoms with Gasteiger partial charge in [0.2, 0.25) is 0 Å². The minimum Gasteiger partial charge on any atom is -0.385 e. The second kappa shape index (κ2) is 6.49. The summed E-state index contributed by atoms with van der Waals surface area (Å²) in [6, 6.07) is 7.25. The van der Waals surface area contributed by atoms with Gasteiger partial charge in [-0.2, -0.15) is 0 Å². The van der Waals surface area contributed by atoms with E-state index in [0.717, 1.165) is 31.6 Å². The van der Waals surface area contributed by atoms with Crippen LogP contribution in [0.25, 0.3) is 0 Å². The van der Waals surface area contributed by atoms with Gasteiger partial charge in [-0.05, 0) is 55.7 Å². The molecule has 1 aliphatic rings. The number of hydrogen-bond donors (Lipinski definition) is 1. The molecule has 0 amide bonds. The van der Waals surface area contributed by atoms with Gasteiger partial charge in [-0.1, -0.05) is 12.1 Å². The van der Waals surface area contributed by atoms with Crippen LogP contribution in [0.3, 0.4) is 0 Å². The Balaban J connectivity index is 1.74. The first-order valence-electron chi connectivity index (χ1n) is 7.10. The number of halogens is 1. The molecule has 0 aliphatic heterocycles. The SMILES string of the molecule is COCCC1(CNC(C)Cc2cccc(F)c2)CC1. The lowest BCUT2D eigenvalue weighted by Crippen LogP contribution is -2.34. The Kier molecular flexibility index (Phi) is 4.94. The van der Waals surface area contributed by atoms with Gasteiger partial charge in [0.1, 0.15) is 5.82 Å². The molecular weight excluding hydrogens is 241 g/mol. The fraction of sp³-hybridized carbons (Fsp3) is 0.625. The molecule has 0 saturated heterocycles. The lowest BCUT2D eigenvalue weighted by Gasteiger charge is -2.20. The molecule has 2 nitrogen and oxygen atoms in total. The predicted octanol–water partition coefficient (Wildman–Crippen LogP) is 3.16. The normalized spacial score (nSPS) is 18.3. The maximum atomic E-state index is 13.1. The van der Waals surface area contributed by atoms with Crippen LogP contribution in [0, 0.1) is 11.2 Å². The second-order valence-electron chi connectivity index (χ2n) is 5.86. The first-order chi connectivity index (χ1) is 9.13. The van der Waals surface area contributed by atoms with E-state index in [9.17, 15) is 4.39 Å². The van der Waals surface area contributed by atoms with Crippen molar-refractivity contribution in [1.82, 2.24) is 5.32 Å². The zero-order chi connectivity index (χ0) is 13.7. The van der Waals surface area contributed by atoms with Crippen molar-refractivity contribution in [3.05, 3.63) is 35.6 Å². The quantitative estimate of drug-likeness (QED) is 0.779. The highest BCUT2D eigenvalue weighted by atomic mass is 19.1. The summed E-state index contributed by atoms with van der Waals surface area (Å²) in [6.07, 6.45) is 4.62. The van der Waals surface area contributed by atoms with E-state index in [2.05, 4.69) is 12.2 Å². The fourth-order valence-electron chi connectivity index (χ4n) is 2.49. The van der Waals surface area contributed by atoms with Crippen molar-refractivity contribution in [3.8, 4) is 0 Å². The molecule has 0 heterocycles. The summed E-state index contributed by atoms with van der Waals surface area (Å²) in [7, 11) is 1.76. The van der Waals surface area contributed by atoms with E-state index in [1.165, 1.54) is 18.9 Å². The van der Waals surface area contributed by atoms with Crippen molar-refractivity contribution < 1.29 is 9.13 Å². The van der Waals surface area contributed by atoms with Gasteiger partial charge in [0.15, 0.2) is 0 Å². The number of rotatable bonds is 8. The zero-order valence-corrected chi connectivity index (χ0v) is 11.9. The molecule has 3 heteroatoms. The van der Waals surface area contributed by atoms with Crippen LogP contribution in [0.5, 0.6) is 0 Å². The minimum absolute atomic E-state index is 0.150. The van der Waals surface area contributed by atoms with Crippen LogP contribution < -0.4 is 5.32 Å². The Morgan fingerprint density at radius 2 is 2.21 bits per heavy atom. The van der Waals surface area contributed by atoms with Crippen molar-refractivity contribution >= 4 is 0 Å².